The first kappa shape index (κ1) is 15.7. The zero-order valence-corrected chi connectivity index (χ0v) is 13.8. The molecule has 25 heavy (non-hydrogen) atoms. The number of likely N-dealkylation sites (tertiary alicyclic amines) is 1. The molecule has 2 aromatic carbocycles. The van der Waals surface area contributed by atoms with Gasteiger partial charge in [-0.05, 0) is 49.2 Å². The lowest BCUT2D eigenvalue weighted by molar-refractivity contribution is 0.194. The summed E-state index contributed by atoms with van der Waals surface area (Å²) in [5.74, 6) is 0.154. The van der Waals surface area contributed by atoms with Crippen LogP contribution in [0.25, 0.3) is 10.9 Å². The number of nitrogens with one attached hydrogen (secondary N) is 2. The number of amides is 2. The van der Waals surface area contributed by atoms with Crippen LogP contribution in [0.15, 0.2) is 54.6 Å². The van der Waals surface area contributed by atoms with Crippen molar-refractivity contribution in [3.63, 3.8) is 0 Å². The maximum absolute atomic E-state index is 13.3. The van der Waals surface area contributed by atoms with Crippen molar-refractivity contribution in [2.45, 2.75) is 18.8 Å². The van der Waals surface area contributed by atoms with Crippen LogP contribution in [0.3, 0.4) is 0 Å². The molecule has 128 valence electrons. The lowest BCUT2D eigenvalue weighted by Gasteiger charge is -2.31. The van der Waals surface area contributed by atoms with Crippen molar-refractivity contribution in [1.82, 2.24) is 9.88 Å². The van der Waals surface area contributed by atoms with Crippen LogP contribution in [0.4, 0.5) is 14.9 Å². The van der Waals surface area contributed by atoms with Crippen LogP contribution >= 0.6 is 0 Å². The molecule has 3 aromatic rings. The van der Waals surface area contributed by atoms with Crippen molar-refractivity contribution in [3.05, 3.63) is 66.1 Å². The normalized spacial score (nSPS) is 15.5. The van der Waals surface area contributed by atoms with Crippen LogP contribution in [0.2, 0.25) is 0 Å². The molecule has 1 fully saturated rings. The predicted octanol–water partition coefficient (Wildman–Crippen LogP) is 4.72. The van der Waals surface area contributed by atoms with Crippen LogP contribution in [0.5, 0.6) is 0 Å². The van der Waals surface area contributed by atoms with Gasteiger partial charge in [-0.15, -0.1) is 0 Å². The Hall–Kier alpha value is -2.82. The fourth-order valence-corrected chi connectivity index (χ4v) is 3.46. The Morgan fingerprint density at radius 2 is 1.84 bits per heavy atom. The Morgan fingerprint density at radius 1 is 1.08 bits per heavy atom. The van der Waals surface area contributed by atoms with E-state index in [1.54, 1.807) is 12.1 Å². The van der Waals surface area contributed by atoms with Crippen LogP contribution in [-0.2, 0) is 0 Å². The van der Waals surface area contributed by atoms with Crippen LogP contribution in [0, 0.1) is 5.82 Å². The number of carbonyl (C=O) groups excluding carboxylic acids is 1. The zero-order valence-electron chi connectivity index (χ0n) is 13.8. The van der Waals surface area contributed by atoms with Gasteiger partial charge in [-0.2, -0.15) is 0 Å². The van der Waals surface area contributed by atoms with E-state index >= 15 is 0 Å². The number of hydrogen-bond acceptors (Lipinski definition) is 1. The Morgan fingerprint density at radius 3 is 2.60 bits per heavy atom. The Labute approximate surface area is 145 Å². The third-order valence-electron chi connectivity index (χ3n) is 4.85. The van der Waals surface area contributed by atoms with E-state index in [2.05, 4.69) is 10.3 Å². The highest BCUT2D eigenvalue weighted by molar-refractivity contribution is 5.89. The number of nitrogens with zero attached hydrogens (tertiary/aromatic N) is 1. The molecule has 0 radical (unpaired) electrons. The van der Waals surface area contributed by atoms with Crippen molar-refractivity contribution >= 4 is 22.6 Å². The van der Waals surface area contributed by atoms with E-state index < -0.39 is 0 Å². The number of fused-ring (bicyclic) bond motifs is 1. The molecule has 2 amide bonds. The van der Waals surface area contributed by atoms with Crippen LogP contribution in [0.1, 0.15) is 24.5 Å². The van der Waals surface area contributed by atoms with Gasteiger partial charge < -0.3 is 15.2 Å². The summed E-state index contributed by atoms with van der Waals surface area (Å²) in [5, 5.41) is 3.83. The first-order chi connectivity index (χ1) is 12.2. The van der Waals surface area contributed by atoms with Crippen molar-refractivity contribution < 1.29 is 9.18 Å². The lowest BCUT2D eigenvalue weighted by atomic mass is 9.94. The van der Waals surface area contributed by atoms with E-state index in [0.717, 1.165) is 35.1 Å². The molecule has 1 aliphatic rings. The van der Waals surface area contributed by atoms with Gasteiger partial charge >= 0.3 is 6.03 Å². The first-order valence-electron chi connectivity index (χ1n) is 8.58. The van der Waals surface area contributed by atoms with Crippen LogP contribution in [-0.4, -0.2) is 29.0 Å². The second-order valence-electron chi connectivity index (χ2n) is 6.51. The summed E-state index contributed by atoms with van der Waals surface area (Å²) in [4.78, 5) is 17.6. The smallest absolute Gasteiger partial charge is 0.321 e. The second kappa shape index (κ2) is 6.59. The number of aromatic nitrogens is 1. The monoisotopic (exact) mass is 337 g/mol. The summed E-state index contributed by atoms with van der Waals surface area (Å²) in [6.45, 7) is 1.43. The molecule has 4 rings (SSSR count). The average Bonchev–Trinajstić information content (AvgIpc) is 3.06. The van der Waals surface area contributed by atoms with Gasteiger partial charge in [-0.1, -0.05) is 18.2 Å². The molecule has 0 unspecified atom stereocenters. The third-order valence-corrected chi connectivity index (χ3v) is 4.85. The number of H-pyrrole nitrogens is 1. The Bertz CT molecular complexity index is 882. The summed E-state index contributed by atoms with van der Waals surface area (Å²) < 4.78 is 13.3. The number of halogens is 1. The lowest BCUT2D eigenvalue weighted by Crippen LogP contribution is -2.40. The van der Waals surface area contributed by atoms with Crippen LogP contribution < -0.4 is 5.32 Å². The SMILES string of the molecule is O=C(Nc1ccccc1)N1CCC(c2cc3cc(F)ccc3[nH]2)CC1. The molecule has 4 nitrogen and oxygen atoms in total. The molecule has 0 aliphatic carbocycles. The molecular formula is C20H20FN3O. The number of benzene rings is 2. The Balaban J connectivity index is 1.39. The van der Waals surface area contributed by atoms with Gasteiger partial charge in [0.1, 0.15) is 5.82 Å². The van der Waals surface area contributed by atoms with E-state index in [-0.39, 0.29) is 11.8 Å². The predicted molar refractivity (Wildman–Crippen MR) is 97.3 cm³/mol. The van der Waals surface area contributed by atoms with Gasteiger partial charge in [0, 0.05) is 41.3 Å². The fraction of sp³-hybridized carbons (Fsp3) is 0.250. The molecule has 0 atom stereocenters. The minimum Gasteiger partial charge on any atom is -0.358 e. The van der Waals surface area contributed by atoms with Gasteiger partial charge in [0.25, 0.3) is 0 Å². The molecule has 2 heterocycles. The molecule has 0 bridgehead atoms. The van der Waals surface area contributed by atoms with Gasteiger partial charge in [-0.3, -0.25) is 0 Å². The number of rotatable bonds is 2. The minimum atomic E-state index is -0.217. The third kappa shape index (κ3) is 3.36. The molecule has 2 N–H and O–H groups in total. The van der Waals surface area contributed by atoms with Gasteiger partial charge in [-0.25, -0.2) is 9.18 Å². The molecule has 5 heteroatoms. The standard InChI is InChI=1S/C20H20FN3O/c21-16-6-7-18-15(12-16)13-19(23-18)14-8-10-24(11-9-14)20(25)22-17-4-2-1-3-5-17/h1-7,12-14,23H,8-11H2,(H,22,25). The number of aromatic amines is 1. The molecular weight excluding hydrogens is 317 g/mol. The summed E-state index contributed by atoms with van der Waals surface area (Å²) in [7, 11) is 0. The Kier molecular flexibility index (Phi) is 4.14. The molecule has 1 saturated heterocycles. The van der Waals surface area contributed by atoms with Gasteiger partial charge in [0.2, 0.25) is 0 Å². The quantitative estimate of drug-likeness (QED) is 0.698. The number of anilines is 1. The maximum atomic E-state index is 13.3. The fourth-order valence-electron chi connectivity index (χ4n) is 3.46. The summed E-state index contributed by atoms with van der Waals surface area (Å²) >= 11 is 0. The first-order valence-corrected chi connectivity index (χ1v) is 8.58. The highest BCUT2D eigenvalue weighted by atomic mass is 19.1. The topological polar surface area (TPSA) is 48.1 Å². The summed E-state index contributed by atoms with van der Waals surface area (Å²) in [6, 6.07) is 16.3. The highest BCUT2D eigenvalue weighted by Crippen LogP contribution is 2.30. The molecule has 0 saturated carbocycles. The van der Waals surface area contributed by atoms with Crippen molar-refractivity contribution in [2.75, 3.05) is 18.4 Å². The number of para-hydroxylation sites is 1. The maximum Gasteiger partial charge on any atom is 0.321 e. The van der Waals surface area contributed by atoms with E-state index in [9.17, 15) is 9.18 Å². The number of urea groups is 1. The van der Waals surface area contributed by atoms with E-state index in [1.807, 2.05) is 41.3 Å². The molecule has 1 aliphatic heterocycles. The van der Waals surface area contributed by atoms with E-state index in [4.69, 9.17) is 0 Å². The number of carbonyl (C=O) groups is 1. The van der Waals surface area contributed by atoms with Gasteiger partial charge in [0.05, 0.1) is 0 Å². The largest absolute Gasteiger partial charge is 0.358 e. The number of hydrogen-bond donors (Lipinski definition) is 2. The van der Waals surface area contributed by atoms with Crippen molar-refractivity contribution in [1.29, 1.82) is 0 Å². The number of piperidine rings is 1. The average molecular weight is 337 g/mol. The van der Waals surface area contributed by atoms with Crippen molar-refractivity contribution in [3.8, 4) is 0 Å². The van der Waals surface area contributed by atoms with E-state index in [1.165, 1.54) is 6.07 Å². The second-order valence-corrected chi connectivity index (χ2v) is 6.51. The van der Waals surface area contributed by atoms with Crippen molar-refractivity contribution in [2.24, 2.45) is 0 Å². The minimum absolute atomic E-state index is 0.0524. The van der Waals surface area contributed by atoms with Gasteiger partial charge in [0.15, 0.2) is 0 Å². The van der Waals surface area contributed by atoms with E-state index in [0.29, 0.717) is 19.0 Å². The highest BCUT2D eigenvalue weighted by Gasteiger charge is 2.25. The zero-order chi connectivity index (χ0) is 17.2. The summed E-state index contributed by atoms with van der Waals surface area (Å²) in [5.41, 5.74) is 2.90. The summed E-state index contributed by atoms with van der Waals surface area (Å²) in [6.07, 6.45) is 1.80. The molecule has 0 spiro atoms. The molecule has 1 aromatic heterocycles.